The van der Waals surface area contributed by atoms with Crippen LogP contribution in [0.15, 0.2) is 52.7 Å². The summed E-state index contributed by atoms with van der Waals surface area (Å²) in [7, 11) is 0. The van der Waals surface area contributed by atoms with Gasteiger partial charge in [0.05, 0.1) is 6.54 Å². The van der Waals surface area contributed by atoms with Gasteiger partial charge in [-0.15, -0.1) is 0 Å². The monoisotopic (exact) mass is 354 g/mol. The van der Waals surface area contributed by atoms with Crippen molar-refractivity contribution >= 4 is 29.2 Å². The molecule has 134 valence electrons. The Bertz CT molecular complexity index is 849. The van der Waals surface area contributed by atoms with Gasteiger partial charge in [-0.1, -0.05) is 18.2 Å². The molecular formula is C17H18N6O3. The smallest absolute Gasteiger partial charge is 0.341 e. The third-order valence-corrected chi connectivity index (χ3v) is 3.76. The van der Waals surface area contributed by atoms with Crippen LogP contribution in [0.25, 0.3) is 0 Å². The summed E-state index contributed by atoms with van der Waals surface area (Å²) in [4.78, 5) is 27.6. The number of anilines is 2. The van der Waals surface area contributed by atoms with E-state index >= 15 is 0 Å². The molecule has 5 N–H and O–H groups in total. The van der Waals surface area contributed by atoms with Gasteiger partial charge in [0.1, 0.15) is 17.3 Å². The number of hydrogen-bond donors (Lipinski definition) is 3. The van der Waals surface area contributed by atoms with Crippen molar-refractivity contribution < 1.29 is 14.3 Å². The Hall–Kier alpha value is -3.33. The molecule has 1 aromatic heterocycles. The lowest BCUT2D eigenvalue weighted by atomic mass is 10.3. The molecule has 2 aromatic rings. The Morgan fingerprint density at radius 1 is 1.19 bits per heavy atom. The van der Waals surface area contributed by atoms with E-state index in [-0.39, 0.29) is 24.1 Å². The first-order valence-electron chi connectivity index (χ1n) is 7.99. The topological polar surface area (TPSA) is 145 Å². The number of para-hydroxylation sites is 1. The summed E-state index contributed by atoms with van der Waals surface area (Å²) < 4.78 is 5.34. The maximum atomic E-state index is 12.3. The molecule has 0 unspecified atom stereocenters. The van der Waals surface area contributed by atoms with Crippen LogP contribution in [0.5, 0.6) is 5.75 Å². The van der Waals surface area contributed by atoms with Gasteiger partial charge in [-0.25, -0.2) is 9.78 Å². The molecule has 0 saturated heterocycles. The van der Waals surface area contributed by atoms with Crippen molar-refractivity contribution in [1.29, 1.82) is 0 Å². The van der Waals surface area contributed by atoms with Gasteiger partial charge in [-0.3, -0.25) is 4.79 Å². The van der Waals surface area contributed by atoms with Crippen LogP contribution in [0.2, 0.25) is 0 Å². The van der Waals surface area contributed by atoms with Crippen molar-refractivity contribution in [2.24, 2.45) is 16.0 Å². The summed E-state index contributed by atoms with van der Waals surface area (Å²) in [6, 6.07) is 11.9. The number of azo groups is 1. The molecule has 1 aliphatic carbocycles. The summed E-state index contributed by atoms with van der Waals surface area (Å²) in [6.07, 6.45) is 1.11. The molecule has 0 bridgehead atoms. The molecule has 0 radical (unpaired) electrons. The molecule has 0 spiro atoms. The van der Waals surface area contributed by atoms with Crippen molar-refractivity contribution in [3.63, 3.8) is 0 Å². The molecular weight excluding hydrogens is 336 g/mol. The number of carbonyl (C=O) groups excluding carboxylic acids is 2. The molecule has 1 aromatic carbocycles. The number of amides is 1. The first-order valence-corrected chi connectivity index (χ1v) is 7.99. The Morgan fingerprint density at radius 2 is 1.92 bits per heavy atom. The Morgan fingerprint density at radius 3 is 2.54 bits per heavy atom. The number of nitrogen functional groups attached to an aromatic ring is 1. The van der Waals surface area contributed by atoms with Gasteiger partial charge in [-0.2, -0.15) is 10.2 Å². The number of rotatable bonds is 6. The second kappa shape index (κ2) is 7.28. The number of carbonyl (C=O) groups is 2. The fourth-order valence-corrected chi connectivity index (χ4v) is 2.12. The zero-order chi connectivity index (χ0) is 18.6. The molecule has 26 heavy (non-hydrogen) atoms. The lowest BCUT2D eigenvalue weighted by Gasteiger charge is -2.09. The van der Waals surface area contributed by atoms with E-state index in [2.05, 4.69) is 20.5 Å². The summed E-state index contributed by atoms with van der Waals surface area (Å²) in [5.41, 5.74) is 10.4. The van der Waals surface area contributed by atoms with E-state index in [0.717, 1.165) is 0 Å². The molecule has 1 heterocycles. The first-order chi connectivity index (χ1) is 12.5. The van der Waals surface area contributed by atoms with E-state index < -0.39 is 11.5 Å². The number of hydrogen-bond acceptors (Lipinski definition) is 8. The summed E-state index contributed by atoms with van der Waals surface area (Å²) >= 11 is 0. The minimum Gasteiger partial charge on any atom is -0.425 e. The molecule has 0 atom stereocenters. The predicted octanol–water partition coefficient (Wildman–Crippen LogP) is 1.78. The second-order valence-corrected chi connectivity index (χ2v) is 5.79. The van der Waals surface area contributed by atoms with E-state index in [9.17, 15) is 9.59 Å². The highest BCUT2D eigenvalue weighted by Gasteiger charge is 2.53. The third-order valence-electron chi connectivity index (χ3n) is 3.76. The lowest BCUT2D eigenvalue weighted by molar-refractivity contribution is -0.137. The molecule has 9 heteroatoms. The van der Waals surface area contributed by atoms with Crippen LogP contribution < -0.4 is 21.5 Å². The number of nitrogens with two attached hydrogens (primary N) is 2. The number of pyridine rings is 1. The second-order valence-electron chi connectivity index (χ2n) is 5.79. The fraction of sp³-hybridized carbons (Fsp3) is 0.235. The largest absolute Gasteiger partial charge is 0.425 e. The highest BCUT2D eigenvalue weighted by atomic mass is 16.5. The maximum Gasteiger partial charge on any atom is 0.341 e. The minimum absolute atomic E-state index is 0.0794. The number of benzene rings is 1. The minimum atomic E-state index is -0.977. The Kier molecular flexibility index (Phi) is 4.90. The van der Waals surface area contributed by atoms with Gasteiger partial charge < -0.3 is 21.5 Å². The molecule has 0 aliphatic heterocycles. The van der Waals surface area contributed by atoms with Crippen LogP contribution >= 0.6 is 0 Å². The Labute approximate surface area is 149 Å². The molecule has 1 aliphatic rings. The van der Waals surface area contributed by atoms with E-state index in [1.807, 2.05) is 6.07 Å². The van der Waals surface area contributed by atoms with Gasteiger partial charge in [-0.05, 0) is 37.1 Å². The van der Waals surface area contributed by atoms with E-state index in [1.165, 1.54) is 6.07 Å². The Balaban J connectivity index is 1.69. The van der Waals surface area contributed by atoms with Crippen molar-refractivity contribution in [3.05, 3.63) is 42.5 Å². The number of aromatic nitrogens is 1. The van der Waals surface area contributed by atoms with Crippen LogP contribution in [0.1, 0.15) is 12.8 Å². The van der Waals surface area contributed by atoms with Crippen LogP contribution in [-0.4, -0.2) is 28.9 Å². The van der Waals surface area contributed by atoms with Crippen molar-refractivity contribution in [2.45, 2.75) is 18.4 Å². The third kappa shape index (κ3) is 4.01. The van der Waals surface area contributed by atoms with E-state index in [0.29, 0.717) is 24.3 Å². The average molecular weight is 354 g/mol. The van der Waals surface area contributed by atoms with Gasteiger partial charge in [0, 0.05) is 0 Å². The standard InChI is InChI=1S/C17H18N6O3/c18-10-14(24)20-13-7-6-12(15(19)21-13)22-23-17(8-9-17)16(25)26-11-4-2-1-3-5-11/h1-7H,8-10,18H2,(H3,19,20,21,24). The average Bonchev–Trinajstić information content (AvgIpc) is 3.43. The number of ether oxygens (including phenoxy) is 1. The number of nitrogens with zero attached hydrogens (tertiary/aromatic N) is 3. The van der Waals surface area contributed by atoms with Crippen LogP contribution in [0.4, 0.5) is 17.3 Å². The quantitative estimate of drug-likeness (QED) is 0.409. The predicted molar refractivity (Wildman–Crippen MR) is 94.9 cm³/mol. The van der Waals surface area contributed by atoms with Crippen LogP contribution in [-0.2, 0) is 9.59 Å². The first kappa shape index (κ1) is 17.5. The normalized spacial score (nSPS) is 14.8. The zero-order valence-corrected chi connectivity index (χ0v) is 13.9. The number of nitrogens with one attached hydrogen (secondary N) is 1. The SMILES string of the molecule is NCC(=O)Nc1ccc(N=NC2(C(=O)Oc3ccccc3)CC2)c(N)n1. The van der Waals surface area contributed by atoms with Crippen molar-refractivity contribution in [2.75, 3.05) is 17.6 Å². The van der Waals surface area contributed by atoms with Gasteiger partial charge in [0.2, 0.25) is 5.91 Å². The van der Waals surface area contributed by atoms with Gasteiger partial charge in [0.15, 0.2) is 11.4 Å². The van der Waals surface area contributed by atoms with Crippen LogP contribution in [0, 0.1) is 0 Å². The van der Waals surface area contributed by atoms with Crippen molar-refractivity contribution in [1.82, 2.24) is 4.98 Å². The molecule has 3 rings (SSSR count). The molecule has 1 amide bonds. The highest BCUT2D eigenvalue weighted by Crippen LogP contribution is 2.42. The van der Waals surface area contributed by atoms with E-state index in [1.54, 1.807) is 30.3 Å². The van der Waals surface area contributed by atoms with Crippen LogP contribution in [0.3, 0.4) is 0 Å². The zero-order valence-electron chi connectivity index (χ0n) is 13.9. The number of esters is 1. The fourth-order valence-electron chi connectivity index (χ4n) is 2.12. The maximum absolute atomic E-state index is 12.3. The molecule has 1 fully saturated rings. The molecule has 1 saturated carbocycles. The summed E-state index contributed by atoms with van der Waals surface area (Å²) in [5, 5.41) is 10.7. The van der Waals surface area contributed by atoms with E-state index in [4.69, 9.17) is 16.2 Å². The summed E-state index contributed by atoms with van der Waals surface area (Å²) in [5.74, 6) is -0.0323. The van der Waals surface area contributed by atoms with Gasteiger partial charge >= 0.3 is 5.97 Å². The van der Waals surface area contributed by atoms with Gasteiger partial charge in [0.25, 0.3) is 0 Å². The lowest BCUT2D eigenvalue weighted by Crippen LogP contribution is -2.25. The highest BCUT2D eigenvalue weighted by molar-refractivity contribution is 5.91. The van der Waals surface area contributed by atoms with Crippen molar-refractivity contribution in [3.8, 4) is 5.75 Å². The molecule has 9 nitrogen and oxygen atoms in total. The summed E-state index contributed by atoms with van der Waals surface area (Å²) in [6.45, 7) is -0.158.